The van der Waals surface area contributed by atoms with E-state index in [1.807, 2.05) is 41.8 Å². The number of hydrogen-bond donors (Lipinski definition) is 2. The Kier molecular flexibility index (Phi) is 8.28. The average molecular weight is 554 g/mol. The minimum Gasteiger partial charge on any atom is -0.601 e. The molecule has 3 aromatic rings. The summed E-state index contributed by atoms with van der Waals surface area (Å²) in [6.45, 7) is 2.04. The Bertz CT molecular complexity index is 1160. The van der Waals surface area contributed by atoms with Gasteiger partial charge in [-0.3, -0.25) is 0 Å². The Morgan fingerprint density at radius 2 is 2.18 bits per heavy atom. The standard InChI is InChI=1S/C22H26BrN4O6P/c1-13-19(29)18(33-22(13)27-8-6-15-20(24)25-11-26-21(15)27)10-31-12-34(30)32-9-7-17(28)14-4-2-3-5-16(14)23/h2-6,8,11-13,17-19,22,28-29H,7,9-10H2,1H3,(H2,24,25,26)/p+1/t13-,17-,18+,19-,22+/m0/s1. The highest BCUT2D eigenvalue weighted by Crippen LogP contribution is 2.37. The molecule has 5 N–H and O–H groups in total. The predicted octanol–water partition coefficient (Wildman–Crippen LogP) is 1.99. The molecule has 34 heavy (non-hydrogen) atoms. The van der Waals surface area contributed by atoms with E-state index in [4.69, 9.17) is 24.8 Å². The number of hydrogen-bond acceptors (Lipinski definition) is 8. The van der Waals surface area contributed by atoms with Crippen LogP contribution in [-0.2, 0) is 14.0 Å². The summed E-state index contributed by atoms with van der Waals surface area (Å²) >= 11 is 3.43. The number of nitrogens with zero attached hydrogens (tertiary/aromatic N) is 3. The quantitative estimate of drug-likeness (QED) is 0.301. The lowest BCUT2D eigenvalue weighted by atomic mass is 10.0. The molecule has 1 aliphatic rings. The third-order valence-electron chi connectivity index (χ3n) is 5.82. The highest BCUT2D eigenvalue weighted by molar-refractivity contribution is 9.10. The fourth-order valence-electron chi connectivity index (χ4n) is 3.95. The molecular weight excluding hydrogens is 527 g/mol. The number of aliphatic hydroxyl groups excluding tert-OH is 1. The Morgan fingerprint density at radius 1 is 1.38 bits per heavy atom. The third-order valence-corrected chi connectivity index (χ3v) is 7.31. The molecule has 0 aliphatic carbocycles. The Balaban J connectivity index is 1.28. The summed E-state index contributed by atoms with van der Waals surface area (Å²) in [6.07, 6.45) is 1.21. The largest absolute Gasteiger partial charge is 0.601 e. The van der Waals surface area contributed by atoms with Crippen molar-refractivity contribution in [2.45, 2.75) is 37.9 Å². The number of rotatable bonds is 9. The van der Waals surface area contributed by atoms with E-state index in [1.165, 1.54) is 6.33 Å². The van der Waals surface area contributed by atoms with Crippen LogP contribution in [0, 0.1) is 5.92 Å². The van der Waals surface area contributed by atoms with Crippen molar-refractivity contribution in [2.75, 3.05) is 18.9 Å². The second-order valence-electron chi connectivity index (χ2n) is 8.05. The molecule has 0 bridgehead atoms. The van der Waals surface area contributed by atoms with Gasteiger partial charge in [-0.2, -0.15) is 4.52 Å². The van der Waals surface area contributed by atoms with E-state index < -0.39 is 32.5 Å². The number of aliphatic hydroxyl groups is 1. The first-order valence-corrected chi connectivity index (χ1v) is 12.8. The predicted molar refractivity (Wildman–Crippen MR) is 131 cm³/mol. The molecule has 6 atom stereocenters. The van der Waals surface area contributed by atoms with Crippen LogP contribution in [0.25, 0.3) is 11.0 Å². The van der Waals surface area contributed by atoms with Gasteiger partial charge >= 0.3 is 0 Å². The van der Waals surface area contributed by atoms with Crippen molar-refractivity contribution in [2.24, 2.45) is 5.92 Å². The van der Waals surface area contributed by atoms with Crippen LogP contribution in [0.2, 0.25) is 0 Å². The number of nitrogen functional groups attached to an aromatic ring is 1. The van der Waals surface area contributed by atoms with Gasteiger partial charge in [0, 0.05) is 22.2 Å². The van der Waals surface area contributed by atoms with Crippen LogP contribution in [0.4, 0.5) is 5.82 Å². The van der Waals surface area contributed by atoms with Gasteiger partial charge in [-0.1, -0.05) is 35.0 Å². The summed E-state index contributed by atoms with van der Waals surface area (Å²) in [5.41, 5.74) is 7.38. The van der Waals surface area contributed by atoms with Gasteiger partial charge in [0.05, 0.1) is 24.5 Å². The van der Waals surface area contributed by atoms with E-state index in [9.17, 15) is 10.00 Å². The molecule has 1 aromatic carbocycles. The van der Waals surface area contributed by atoms with Crippen molar-refractivity contribution < 1.29 is 29.1 Å². The van der Waals surface area contributed by atoms with E-state index in [1.54, 1.807) is 6.20 Å². The summed E-state index contributed by atoms with van der Waals surface area (Å²) in [5, 5.41) is 19.6. The second kappa shape index (κ2) is 11.2. The molecule has 0 amide bonds. The molecule has 1 fully saturated rings. The molecule has 3 heterocycles. The van der Waals surface area contributed by atoms with Crippen LogP contribution in [0.1, 0.15) is 31.2 Å². The number of fused-ring (bicyclic) bond motifs is 1. The molecule has 1 unspecified atom stereocenters. The smallest absolute Gasteiger partial charge is 0.247 e. The average Bonchev–Trinajstić information content (AvgIpc) is 3.36. The summed E-state index contributed by atoms with van der Waals surface area (Å²) in [7, 11) is -2.17. The zero-order valence-electron chi connectivity index (χ0n) is 18.5. The van der Waals surface area contributed by atoms with Gasteiger partial charge < -0.3 is 34.9 Å². The Hall–Kier alpha value is -1.95. The van der Waals surface area contributed by atoms with Crippen LogP contribution in [0.5, 0.6) is 0 Å². The van der Waals surface area contributed by atoms with Gasteiger partial charge in [0.1, 0.15) is 36.7 Å². The lowest BCUT2D eigenvalue weighted by Gasteiger charge is -2.18. The second-order valence-corrected chi connectivity index (χ2v) is 9.95. The van der Waals surface area contributed by atoms with Crippen molar-refractivity contribution in [3.63, 3.8) is 0 Å². The lowest BCUT2D eigenvalue weighted by molar-refractivity contribution is -0.173. The van der Waals surface area contributed by atoms with E-state index in [-0.39, 0.29) is 19.1 Å². The molecule has 0 saturated carbocycles. The van der Waals surface area contributed by atoms with E-state index in [2.05, 4.69) is 25.9 Å². The maximum atomic E-state index is 12.1. The van der Waals surface area contributed by atoms with Crippen molar-refractivity contribution in [3.05, 3.63) is 52.9 Å². The van der Waals surface area contributed by atoms with Crippen molar-refractivity contribution >= 4 is 46.8 Å². The maximum Gasteiger partial charge on any atom is 0.247 e. The van der Waals surface area contributed by atoms with Gasteiger partial charge in [0.15, 0.2) is 6.10 Å². The van der Waals surface area contributed by atoms with E-state index >= 15 is 0 Å². The number of halogens is 1. The van der Waals surface area contributed by atoms with Crippen molar-refractivity contribution in [1.82, 2.24) is 14.5 Å². The highest BCUT2D eigenvalue weighted by Gasteiger charge is 2.42. The molecule has 1 aliphatic heterocycles. The van der Waals surface area contributed by atoms with Gasteiger partial charge in [0.25, 0.3) is 0 Å². The molecular formula is C22H27BrN4O6P+. The van der Waals surface area contributed by atoms with Gasteiger partial charge in [-0.25, -0.2) is 9.97 Å². The molecule has 4 rings (SSSR count). The first-order chi connectivity index (χ1) is 16.4. The Labute approximate surface area is 206 Å². The minimum absolute atomic E-state index is 0.0147. The molecule has 182 valence electrons. The summed E-state index contributed by atoms with van der Waals surface area (Å²) in [5.74, 6) is 1.25. The van der Waals surface area contributed by atoms with Gasteiger partial charge in [-0.05, 0) is 18.2 Å². The van der Waals surface area contributed by atoms with Crippen molar-refractivity contribution in [3.8, 4) is 0 Å². The van der Waals surface area contributed by atoms with Crippen LogP contribution in [-0.4, -0.2) is 56.2 Å². The normalized spacial score (nSPS) is 24.1. The zero-order chi connectivity index (χ0) is 24.2. The Morgan fingerprint density at radius 3 is 2.97 bits per heavy atom. The van der Waals surface area contributed by atoms with Gasteiger partial charge in [0.2, 0.25) is 14.0 Å². The molecule has 0 spiro atoms. The molecule has 2 aromatic heterocycles. The number of nitrogens with two attached hydrogens (primary N) is 1. The molecule has 0 radical (unpaired) electrons. The number of benzene rings is 1. The number of anilines is 1. The maximum absolute atomic E-state index is 12.1. The number of ether oxygens (including phenoxy) is 2. The highest BCUT2D eigenvalue weighted by atomic mass is 79.9. The SMILES string of the molecule is C[C@H]1[C@H](O)[C@@H](COC=[P+]([O-])OCC[C@H]([OH2+])c2ccccc2Br)O[C@H]1n1ccc2c(N)ncnc21. The lowest BCUT2D eigenvalue weighted by Crippen LogP contribution is -2.29. The van der Waals surface area contributed by atoms with Crippen LogP contribution in [0.15, 0.2) is 47.3 Å². The fraction of sp³-hybridized carbons (Fsp3) is 0.409. The van der Waals surface area contributed by atoms with Crippen LogP contribution < -0.4 is 10.6 Å². The molecule has 10 nitrogen and oxygen atoms in total. The topological polar surface area (TPSA) is 151 Å². The zero-order valence-corrected chi connectivity index (χ0v) is 20.9. The summed E-state index contributed by atoms with van der Waals surface area (Å²) in [6, 6.07) is 9.32. The summed E-state index contributed by atoms with van der Waals surface area (Å²) in [4.78, 5) is 20.4. The number of aromatic nitrogens is 3. The summed E-state index contributed by atoms with van der Waals surface area (Å²) < 4.78 is 19.4. The van der Waals surface area contributed by atoms with Crippen LogP contribution >= 0.6 is 23.9 Å². The first-order valence-electron chi connectivity index (χ1n) is 10.8. The van der Waals surface area contributed by atoms with Crippen LogP contribution in [0.3, 0.4) is 0 Å². The monoisotopic (exact) mass is 553 g/mol. The molecule has 1 saturated heterocycles. The fourth-order valence-corrected chi connectivity index (χ4v) is 5.06. The molecule has 12 heteroatoms. The third kappa shape index (κ3) is 5.48. The van der Waals surface area contributed by atoms with E-state index in [0.29, 0.717) is 23.3 Å². The van der Waals surface area contributed by atoms with Gasteiger partial charge in [-0.15, -0.1) is 0 Å². The minimum atomic E-state index is -2.17. The van der Waals surface area contributed by atoms with E-state index in [0.717, 1.165) is 16.0 Å². The van der Waals surface area contributed by atoms with Crippen molar-refractivity contribution in [1.29, 1.82) is 0 Å². The first kappa shape index (κ1) is 25.2.